The summed E-state index contributed by atoms with van der Waals surface area (Å²) in [6.07, 6.45) is 4.99. The number of carbonyl (C=O) groups is 1. The molecule has 2 aromatic heterocycles. The predicted molar refractivity (Wildman–Crippen MR) is 71.6 cm³/mol. The summed E-state index contributed by atoms with van der Waals surface area (Å²) in [5.74, 6) is 0.755. The molecule has 0 radical (unpaired) electrons. The van der Waals surface area contributed by atoms with Crippen molar-refractivity contribution in [2.75, 3.05) is 7.05 Å². The normalized spacial score (nSPS) is 15.3. The van der Waals surface area contributed by atoms with Gasteiger partial charge in [0.1, 0.15) is 5.69 Å². The molecule has 0 unspecified atom stereocenters. The van der Waals surface area contributed by atoms with Gasteiger partial charge in [-0.2, -0.15) is 10.1 Å². The molecule has 1 aliphatic carbocycles. The van der Waals surface area contributed by atoms with Crippen LogP contribution in [0.4, 0.5) is 0 Å². The number of nitrogens with zero attached hydrogens (tertiary/aromatic N) is 4. The van der Waals surface area contributed by atoms with Crippen LogP contribution in [-0.4, -0.2) is 43.4 Å². The Morgan fingerprint density at radius 2 is 2.33 bits per heavy atom. The largest absolute Gasteiger partial charge is 0.477 e. The Balaban J connectivity index is 1.60. The number of aromatic carboxylic acids is 1. The van der Waals surface area contributed by atoms with Crippen molar-refractivity contribution in [3.63, 3.8) is 0 Å². The fraction of sp³-hybridized carbons (Fsp3) is 0.538. The first-order valence-corrected chi connectivity index (χ1v) is 6.90. The molecule has 21 heavy (non-hydrogen) atoms. The second-order valence-electron chi connectivity index (χ2n) is 5.42. The summed E-state index contributed by atoms with van der Waals surface area (Å²) in [7, 11) is 1.87. The number of hydrogen-bond donors (Lipinski definition) is 2. The van der Waals surface area contributed by atoms with Gasteiger partial charge in [-0.3, -0.25) is 10.00 Å². The fourth-order valence-corrected chi connectivity index (χ4v) is 2.36. The summed E-state index contributed by atoms with van der Waals surface area (Å²) in [4.78, 5) is 17.3. The van der Waals surface area contributed by atoms with Crippen molar-refractivity contribution < 1.29 is 14.4 Å². The number of carboxylic acid groups (broad SMARTS) is 1. The maximum atomic E-state index is 11.0. The number of carboxylic acids is 1. The molecule has 1 aliphatic rings. The maximum absolute atomic E-state index is 11.0. The number of nitrogens with one attached hydrogen (secondary N) is 1. The molecule has 0 amide bonds. The summed E-state index contributed by atoms with van der Waals surface area (Å²) in [5.41, 5.74) is 0.748. The van der Waals surface area contributed by atoms with Crippen LogP contribution in [0.25, 0.3) is 0 Å². The van der Waals surface area contributed by atoms with E-state index in [0.29, 0.717) is 30.4 Å². The summed E-state index contributed by atoms with van der Waals surface area (Å²) in [6, 6.07) is 0. The maximum Gasteiger partial charge on any atom is 0.354 e. The minimum absolute atomic E-state index is 0.116. The highest BCUT2D eigenvalue weighted by atomic mass is 16.5. The third-order valence-corrected chi connectivity index (χ3v) is 3.72. The van der Waals surface area contributed by atoms with Crippen molar-refractivity contribution in [1.82, 2.24) is 25.2 Å². The molecule has 0 spiro atoms. The monoisotopic (exact) mass is 291 g/mol. The van der Waals surface area contributed by atoms with E-state index >= 15 is 0 Å². The topological polar surface area (TPSA) is 108 Å². The molecule has 112 valence electrons. The van der Waals surface area contributed by atoms with E-state index in [4.69, 9.17) is 9.63 Å². The van der Waals surface area contributed by atoms with Crippen molar-refractivity contribution in [3.8, 4) is 0 Å². The molecule has 3 rings (SSSR count). The average Bonchev–Trinajstić information content (AvgIpc) is 2.96. The third kappa shape index (κ3) is 2.94. The first-order chi connectivity index (χ1) is 10.1. The van der Waals surface area contributed by atoms with Crippen LogP contribution in [0.3, 0.4) is 0 Å². The lowest BCUT2D eigenvalue weighted by Gasteiger charge is -2.20. The molecule has 1 fully saturated rings. The van der Waals surface area contributed by atoms with Crippen molar-refractivity contribution in [1.29, 1.82) is 0 Å². The summed E-state index contributed by atoms with van der Waals surface area (Å²) in [5, 5.41) is 19.3. The number of hydrogen-bond acceptors (Lipinski definition) is 6. The summed E-state index contributed by atoms with van der Waals surface area (Å²) < 4.78 is 5.27. The van der Waals surface area contributed by atoms with Crippen LogP contribution in [0, 0.1) is 0 Å². The second-order valence-corrected chi connectivity index (χ2v) is 5.42. The van der Waals surface area contributed by atoms with Crippen molar-refractivity contribution >= 4 is 5.97 Å². The zero-order valence-corrected chi connectivity index (χ0v) is 11.7. The number of aromatic amines is 1. The van der Waals surface area contributed by atoms with Crippen LogP contribution >= 0.6 is 0 Å². The Kier molecular flexibility index (Phi) is 3.70. The SMILES string of the molecule is CN(Cc1noc(C2CCC2)n1)Cc1cn[nH]c1C(=O)O. The molecule has 0 bridgehead atoms. The number of rotatable bonds is 6. The highest BCUT2D eigenvalue weighted by molar-refractivity contribution is 5.86. The zero-order chi connectivity index (χ0) is 14.8. The Morgan fingerprint density at radius 1 is 1.52 bits per heavy atom. The minimum Gasteiger partial charge on any atom is -0.477 e. The Bertz CT molecular complexity index is 631. The highest BCUT2D eigenvalue weighted by Crippen LogP contribution is 2.35. The molecule has 8 heteroatoms. The van der Waals surface area contributed by atoms with Gasteiger partial charge in [0.2, 0.25) is 5.89 Å². The van der Waals surface area contributed by atoms with E-state index in [-0.39, 0.29) is 5.69 Å². The standard InChI is InChI=1S/C13H17N5O3/c1-18(6-9-5-14-16-11(9)13(19)20)7-10-15-12(21-17-10)8-3-2-4-8/h5,8H,2-4,6-7H2,1H3,(H,14,16)(H,19,20). The molecular weight excluding hydrogens is 274 g/mol. The van der Waals surface area contributed by atoms with E-state index < -0.39 is 5.97 Å². The molecule has 1 saturated carbocycles. The first-order valence-electron chi connectivity index (χ1n) is 6.90. The second kappa shape index (κ2) is 5.65. The van der Waals surface area contributed by atoms with E-state index in [1.165, 1.54) is 12.6 Å². The van der Waals surface area contributed by atoms with Gasteiger partial charge in [-0.15, -0.1) is 0 Å². The zero-order valence-electron chi connectivity index (χ0n) is 11.7. The van der Waals surface area contributed by atoms with Crippen molar-refractivity contribution in [3.05, 3.63) is 29.2 Å². The first kappa shape index (κ1) is 13.7. The van der Waals surface area contributed by atoms with Crippen LogP contribution in [0.5, 0.6) is 0 Å². The van der Waals surface area contributed by atoms with E-state index in [1.807, 2.05) is 11.9 Å². The van der Waals surface area contributed by atoms with Gasteiger partial charge in [0.25, 0.3) is 0 Å². The molecule has 2 N–H and O–H groups in total. The van der Waals surface area contributed by atoms with E-state index in [2.05, 4.69) is 20.3 Å². The van der Waals surface area contributed by atoms with Gasteiger partial charge in [-0.25, -0.2) is 4.79 Å². The summed E-state index contributed by atoms with van der Waals surface area (Å²) >= 11 is 0. The molecule has 0 atom stereocenters. The smallest absolute Gasteiger partial charge is 0.354 e. The van der Waals surface area contributed by atoms with Gasteiger partial charge >= 0.3 is 5.97 Å². The minimum atomic E-state index is -1.01. The summed E-state index contributed by atoms with van der Waals surface area (Å²) in [6.45, 7) is 0.950. The van der Waals surface area contributed by atoms with E-state index in [1.54, 1.807) is 0 Å². The lowest BCUT2D eigenvalue weighted by Crippen LogP contribution is -2.19. The molecular formula is C13H17N5O3. The van der Waals surface area contributed by atoms with Gasteiger partial charge in [0, 0.05) is 18.0 Å². The molecule has 2 heterocycles. The molecule has 0 saturated heterocycles. The van der Waals surface area contributed by atoms with Gasteiger partial charge < -0.3 is 9.63 Å². The number of H-pyrrole nitrogens is 1. The lowest BCUT2D eigenvalue weighted by atomic mass is 9.85. The van der Waals surface area contributed by atoms with Crippen LogP contribution in [0.1, 0.15) is 52.9 Å². The lowest BCUT2D eigenvalue weighted by molar-refractivity contribution is 0.0688. The van der Waals surface area contributed by atoms with Gasteiger partial charge in [0.05, 0.1) is 12.7 Å². The van der Waals surface area contributed by atoms with Crippen molar-refractivity contribution in [2.24, 2.45) is 0 Å². The van der Waals surface area contributed by atoms with Crippen molar-refractivity contribution in [2.45, 2.75) is 38.3 Å². The molecule has 0 aliphatic heterocycles. The van der Waals surface area contributed by atoms with Gasteiger partial charge in [0.15, 0.2) is 5.82 Å². The van der Waals surface area contributed by atoms with E-state index in [9.17, 15) is 4.79 Å². The van der Waals surface area contributed by atoms with Gasteiger partial charge in [-0.05, 0) is 19.9 Å². The Morgan fingerprint density at radius 3 is 3.00 bits per heavy atom. The quantitative estimate of drug-likeness (QED) is 0.827. The van der Waals surface area contributed by atoms with Crippen LogP contribution in [0.15, 0.2) is 10.7 Å². The average molecular weight is 291 g/mol. The number of aromatic nitrogens is 4. The molecule has 2 aromatic rings. The van der Waals surface area contributed by atoms with Crippen LogP contribution in [-0.2, 0) is 13.1 Å². The predicted octanol–water partition coefficient (Wildman–Crippen LogP) is 1.39. The Hall–Kier alpha value is -2.22. The van der Waals surface area contributed by atoms with Crippen LogP contribution in [0.2, 0.25) is 0 Å². The molecule has 8 nitrogen and oxygen atoms in total. The van der Waals surface area contributed by atoms with E-state index in [0.717, 1.165) is 18.7 Å². The highest BCUT2D eigenvalue weighted by Gasteiger charge is 2.25. The third-order valence-electron chi connectivity index (χ3n) is 3.72. The van der Waals surface area contributed by atoms with Gasteiger partial charge in [-0.1, -0.05) is 11.6 Å². The molecule has 0 aromatic carbocycles. The van der Waals surface area contributed by atoms with Crippen LogP contribution < -0.4 is 0 Å². The Labute approximate surface area is 121 Å². The fourth-order valence-electron chi connectivity index (χ4n) is 2.36.